The second-order valence-corrected chi connectivity index (χ2v) is 11.4. The number of hydrogen-bond donors (Lipinski definition) is 0. The molecular formula is C17H26OSi. The Labute approximate surface area is 118 Å². The molecule has 0 aromatic heterocycles. The highest BCUT2D eigenvalue weighted by Crippen LogP contribution is 2.34. The van der Waals surface area contributed by atoms with Crippen LogP contribution in [0.3, 0.4) is 0 Å². The molecule has 1 unspecified atom stereocenters. The Morgan fingerprint density at radius 3 is 2.26 bits per heavy atom. The van der Waals surface area contributed by atoms with E-state index in [0.29, 0.717) is 5.92 Å². The fourth-order valence-corrected chi connectivity index (χ4v) is 3.64. The number of carbonyl (C=O) groups excluding carboxylic acids is 1. The first-order valence-corrected chi connectivity index (χ1v) is 10.6. The molecule has 0 radical (unpaired) electrons. The van der Waals surface area contributed by atoms with Crippen molar-refractivity contribution in [3.05, 3.63) is 47.2 Å². The molecule has 0 fully saturated rings. The zero-order chi connectivity index (χ0) is 14.5. The Hall–Kier alpha value is -1.15. The van der Waals surface area contributed by atoms with E-state index in [1.165, 1.54) is 30.0 Å². The van der Waals surface area contributed by atoms with E-state index in [4.69, 9.17) is 0 Å². The van der Waals surface area contributed by atoms with Gasteiger partial charge < -0.3 is 0 Å². The summed E-state index contributed by atoms with van der Waals surface area (Å²) in [7, 11) is -1.34. The van der Waals surface area contributed by atoms with Crippen molar-refractivity contribution in [3.63, 3.8) is 0 Å². The lowest BCUT2D eigenvalue weighted by Gasteiger charge is -2.29. The van der Waals surface area contributed by atoms with Gasteiger partial charge in [0, 0.05) is 11.5 Å². The molecular weight excluding hydrogens is 248 g/mol. The van der Waals surface area contributed by atoms with Crippen molar-refractivity contribution >= 4 is 14.4 Å². The normalized spacial score (nSPS) is 13.1. The summed E-state index contributed by atoms with van der Waals surface area (Å²) in [5.41, 5.74) is 2.06. The quantitative estimate of drug-likeness (QED) is 0.493. The Bertz CT molecular complexity index is 426. The lowest BCUT2D eigenvalue weighted by atomic mass is 9.93. The van der Waals surface area contributed by atoms with Gasteiger partial charge in [0.2, 0.25) is 0 Å². The molecule has 0 aliphatic carbocycles. The van der Waals surface area contributed by atoms with E-state index in [1.54, 1.807) is 0 Å². The van der Waals surface area contributed by atoms with Crippen LogP contribution in [0.5, 0.6) is 0 Å². The van der Waals surface area contributed by atoms with Gasteiger partial charge >= 0.3 is 0 Å². The van der Waals surface area contributed by atoms with E-state index in [0.717, 1.165) is 11.8 Å². The van der Waals surface area contributed by atoms with E-state index in [2.05, 4.69) is 45.3 Å². The second-order valence-electron chi connectivity index (χ2n) is 6.25. The van der Waals surface area contributed by atoms with Crippen LogP contribution in [0.2, 0.25) is 19.6 Å². The molecule has 0 N–H and O–H groups in total. The topological polar surface area (TPSA) is 17.1 Å². The SMILES string of the molecule is C=C(C(CCCC)c1ccc(C=O)cc1)[Si](C)(C)C. The zero-order valence-corrected chi connectivity index (χ0v) is 13.7. The first kappa shape index (κ1) is 15.9. The van der Waals surface area contributed by atoms with Crippen molar-refractivity contribution in [1.29, 1.82) is 0 Å². The number of allylic oxidation sites excluding steroid dienone is 1. The van der Waals surface area contributed by atoms with Crippen molar-refractivity contribution in [2.45, 2.75) is 51.7 Å². The highest BCUT2D eigenvalue weighted by molar-refractivity contribution is 6.83. The van der Waals surface area contributed by atoms with Crippen molar-refractivity contribution < 1.29 is 4.79 Å². The summed E-state index contributed by atoms with van der Waals surface area (Å²) >= 11 is 0. The van der Waals surface area contributed by atoms with Crippen molar-refractivity contribution in [2.24, 2.45) is 0 Å². The molecule has 19 heavy (non-hydrogen) atoms. The first-order valence-electron chi connectivity index (χ1n) is 7.14. The monoisotopic (exact) mass is 274 g/mol. The minimum atomic E-state index is -1.34. The van der Waals surface area contributed by atoms with Gasteiger partial charge in [-0.15, -0.1) is 6.58 Å². The van der Waals surface area contributed by atoms with Crippen LogP contribution in [0.15, 0.2) is 36.0 Å². The zero-order valence-electron chi connectivity index (χ0n) is 12.7. The van der Waals surface area contributed by atoms with Crippen LogP contribution in [0.4, 0.5) is 0 Å². The molecule has 1 rings (SSSR count). The van der Waals surface area contributed by atoms with E-state index in [1.807, 2.05) is 12.1 Å². The number of rotatable bonds is 7. The van der Waals surface area contributed by atoms with E-state index in [9.17, 15) is 4.79 Å². The van der Waals surface area contributed by atoms with E-state index in [-0.39, 0.29) is 0 Å². The van der Waals surface area contributed by atoms with Gasteiger partial charge in [0.05, 0.1) is 8.07 Å². The van der Waals surface area contributed by atoms with E-state index >= 15 is 0 Å². The van der Waals surface area contributed by atoms with Gasteiger partial charge in [-0.1, -0.05) is 68.9 Å². The maximum absolute atomic E-state index is 10.7. The molecule has 2 heteroatoms. The fraction of sp³-hybridized carbons (Fsp3) is 0.471. The average Bonchev–Trinajstić information content (AvgIpc) is 2.38. The smallest absolute Gasteiger partial charge is 0.150 e. The van der Waals surface area contributed by atoms with Crippen LogP contribution >= 0.6 is 0 Å². The van der Waals surface area contributed by atoms with Crippen LogP contribution in [0, 0.1) is 0 Å². The molecule has 104 valence electrons. The number of carbonyl (C=O) groups is 1. The highest BCUT2D eigenvalue weighted by Gasteiger charge is 2.25. The van der Waals surface area contributed by atoms with Gasteiger partial charge in [-0.25, -0.2) is 0 Å². The number of benzene rings is 1. The lowest BCUT2D eigenvalue weighted by molar-refractivity contribution is 0.112. The molecule has 0 saturated heterocycles. The molecule has 0 aliphatic rings. The summed E-state index contributed by atoms with van der Waals surface area (Å²) in [6.07, 6.45) is 4.50. The maximum Gasteiger partial charge on any atom is 0.150 e. The number of hydrogen-bond acceptors (Lipinski definition) is 1. The molecule has 0 spiro atoms. The van der Waals surface area contributed by atoms with Gasteiger partial charge in [-0.3, -0.25) is 4.79 Å². The van der Waals surface area contributed by atoms with Crippen LogP contribution < -0.4 is 0 Å². The highest BCUT2D eigenvalue weighted by atomic mass is 28.3. The maximum atomic E-state index is 10.7. The van der Waals surface area contributed by atoms with E-state index < -0.39 is 8.07 Å². The lowest BCUT2D eigenvalue weighted by Crippen LogP contribution is -2.27. The predicted octanol–water partition coefficient (Wildman–Crippen LogP) is 5.21. The summed E-state index contributed by atoms with van der Waals surface area (Å²) in [4.78, 5) is 10.7. The Balaban J connectivity index is 3.01. The third-order valence-electron chi connectivity index (χ3n) is 3.71. The molecule has 0 bridgehead atoms. The molecule has 1 nitrogen and oxygen atoms in total. The van der Waals surface area contributed by atoms with Gasteiger partial charge in [0.25, 0.3) is 0 Å². The van der Waals surface area contributed by atoms with Gasteiger partial charge in [-0.2, -0.15) is 0 Å². The third-order valence-corrected chi connectivity index (χ3v) is 5.98. The summed E-state index contributed by atoms with van der Waals surface area (Å²) in [5, 5.41) is 1.42. The van der Waals surface area contributed by atoms with Crippen molar-refractivity contribution in [1.82, 2.24) is 0 Å². The molecule has 0 heterocycles. The van der Waals surface area contributed by atoms with Crippen molar-refractivity contribution in [2.75, 3.05) is 0 Å². The van der Waals surface area contributed by atoms with Gasteiger partial charge in [0.15, 0.2) is 0 Å². The van der Waals surface area contributed by atoms with Gasteiger partial charge in [-0.05, 0) is 12.0 Å². The second kappa shape index (κ2) is 6.85. The summed E-state index contributed by atoms with van der Waals surface area (Å²) < 4.78 is 0. The molecule has 1 atom stereocenters. The minimum absolute atomic E-state index is 0.451. The minimum Gasteiger partial charge on any atom is -0.298 e. The first-order chi connectivity index (χ1) is 8.90. The fourth-order valence-electron chi connectivity index (χ4n) is 2.28. The molecule has 0 amide bonds. The predicted molar refractivity (Wildman–Crippen MR) is 86.6 cm³/mol. The molecule has 1 aromatic rings. The molecule has 0 aliphatic heterocycles. The summed E-state index contributed by atoms with van der Waals surface area (Å²) in [6, 6.07) is 8.02. The largest absolute Gasteiger partial charge is 0.298 e. The van der Waals surface area contributed by atoms with Gasteiger partial charge in [0.1, 0.15) is 6.29 Å². The summed E-state index contributed by atoms with van der Waals surface area (Å²) in [6.45, 7) is 13.7. The van der Waals surface area contributed by atoms with Crippen LogP contribution in [0.25, 0.3) is 0 Å². The third kappa shape index (κ3) is 4.46. The van der Waals surface area contributed by atoms with Crippen LogP contribution in [-0.2, 0) is 0 Å². The Morgan fingerprint density at radius 1 is 1.26 bits per heavy atom. The molecule has 0 saturated carbocycles. The number of aldehydes is 1. The Kier molecular flexibility index (Phi) is 5.74. The molecule has 1 aromatic carbocycles. The Morgan fingerprint density at radius 2 is 1.84 bits per heavy atom. The summed E-state index contributed by atoms with van der Waals surface area (Å²) in [5.74, 6) is 0.451. The van der Waals surface area contributed by atoms with Crippen molar-refractivity contribution in [3.8, 4) is 0 Å². The van der Waals surface area contributed by atoms with Crippen LogP contribution in [-0.4, -0.2) is 14.4 Å². The average molecular weight is 274 g/mol. The standard InChI is InChI=1S/C17H26OSi/c1-6-7-8-17(14(2)19(3,4)5)16-11-9-15(13-18)10-12-16/h9-13,17H,2,6-8H2,1,3-5H3. The van der Waals surface area contributed by atoms with Crippen LogP contribution in [0.1, 0.15) is 48.0 Å². The number of unbranched alkanes of at least 4 members (excludes halogenated alkanes) is 1.